The Bertz CT molecular complexity index is 1080. The normalized spacial score (nSPS) is 13.8. The van der Waals surface area contributed by atoms with Gasteiger partial charge in [-0.1, -0.05) is 18.2 Å². The molecule has 0 unspecified atom stereocenters. The number of pyridine rings is 1. The first-order chi connectivity index (χ1) is 13.9. The van der Waals surface area contributed by atoms with Crippen molar-refractivity contribution in [3.05, 3.63) is 59.3 Å². The summed E-state index contributed by atoms with van der Waals surface area (Å²) < 4.78 is 47.4. The molecule has 0 atom stereocenters. The largest absolute Gasteiger partial charge is 0.573 e. The van der Waals surface area contributed by atoms with Crippen molar-refractivity contribution >= 4 is 34.8 Å². The third kappa shape index (κ3) is 4.34. The fourth-order valence-corrected chi connectivity index (χ4v) is 4.55. The molecule has 2 heterocycles. The summed E-state index contributed by atoms with van der Waals surface area (Å²) in [5.74, 6) is 1.44. The number of ether oxygens (including phenoxy) is 2. The zero-order valence-electron chi connectivity index (χ0n) is 15.6. The monoisotopic (exact) mass is 417 g/mol. The summed E-state index contributed by atoms with van der Waals surface area (Å²) in [6.45, 7) is 2.51. The number of thioether (sulfide) groups is 1. The maximum Gasteiger partial charge on any atom is 0.573 e. The van der Waals surface area contributed by atoms with E-state index < -0.39 is 6.36 Å². The third-order valence-corrected chi connectivity index (χ3v) is 5.67. The molecule has 0 spiro atoms. The Kier molecular flexibility index (Phi) is 5.41. The van der Waals surface area contributed by atoms with Crippen molar-refractivity contribution in [3.63, 3.8) is 0 Å². The first-order valence-corrected chi connectivity index (χ1v) is 10.2. The van der Waals surface area contributed by atoms with Crippen LogP contribution in [-0.2, 0) is 6.42 Å². The Balaban J connectivity index is 1.74. The van der Waals surface area contributed by atoms with Gasteiger partial charge in [0.2, 0.25) is 0 Å². The van der Waals surface area contributed by atoms with Gasteiger partial charge in [0, 0.05) is 21.6 Å². The first kappa shape index (κ1) is 19.6. The predicted molar refractivity (Wildman–Crippen MR) is 109 cm³/mol. The quantitative estimate of drug-likeness (QED) is 0.484. The fraction of sp³-hybridized carbons (Fsp3) is 0.227. The average Bonchev–Trinajstić information content (AvgIpc) is 3.17. The molecule has 1 aliphatic rings. The standard InChI is InChI=1S/C22H18F3NO2S/c1-2-27-20-6-4-3-5-14(20)7-9-18-16-11-12-29-21(16)17-13-15(28-22(23,24)25)8-10-19(17)26-18/h3-10,13H,2,11-12H2,1H3/b9-7+. The molecule has 3 aromatic rings. The summed E-state index contributed by atoms with van der Waals surface area (Å²) in [5, 5.41) is 0.691. The van der Waals surface area contributed by atoms with Gasteiger partial charge in [-0.05, 0) is 55.3 Å². The van der Waals surface area contributed by atoms with Crippen LogP contribution in [0.3, 0.4) is 0 Å². The lowest BCUT2D eigenvalue weighted by Crippen LogP contribution is -2.17. The van der Waals surface area contributed by atoms with Gasteiger partial charge in [-0.15, -0.1) is 24.9 Å². The van der Waals surface area contributed by atoms with Crippen LogP contribution in [0.1, 0.15) is 23.7 Å². The van der Waals surface area contributed by atoms with Crippen molar-refractivity contribution < 1.29 is 22.6 Å². The second kappa shape index (κ2) is 7.99. The second-order valence-electron chi connectivity index (χ2n) is 6.43. The maximum atomic E-state index is 12.6. The molecule has 1 aliphatic heterocycles. The molecule has 0 saturated heterocycles. The van der Waals surface area contributed by atoms with Crippen LogP contribution in [0.15, 0.2) is 47.4 Å². The van der Waals surface area contributed by atoms with Crippen LogP contribution in [0.2, 0.25) is 0 Å². The summed E-state index contributed by atoms with van der Waals surface area (Å²) in [6, 6.07) is 12.0. The van der Waals surface area contributed by atoms with E-state index in [-0.39, 0.29) is 5.75 Å². The van der Waals surface area contributed by atoms with E-state index in [1.54, 1.807) is 17.8 Å². The van der Waals surface area contributed by atoms with Gasteiger partial charge in [-0.25, -0.2) is 4.98 Å². The number of hydrogen-bond donors (Lipinski definition) is 0. The number of alkyl halides is 3. The molecular formula is C22H18F3NO2S. The van der Waals surface area contributed by atoms with Crippen molar-refractivity contribution in [2.75, 3.05) is 12.4 Å². The molecule has 4 rings (SSSR count). The summed E-state index contributed by atoms with van der Waals surface area (Å²) >= 11 is 1.64. The van der Waals surface area contributed by atoms with Gasteiger partial charge in [0.05, 0.1) is 17.8 Å². The molecule has 2 aromatic carbocycles. The molecule has 0 fully saturated rings. The van der Waals surface area contributed by atoms with Gasteiger partial charge < -0.3 is 9.47 Å². The van der Waals surface area contributed by atoms with E-state index in [4.69, 9.17) is 9.72 Å². The number of aromatic nitrogens is 1. The summed E-state index contributed by atoms with van der Waals surface area (Å²) in [7, 11) is 0. The lowest BCUT2D eigenvalue weighted by Gasteiger charge is -2.12. The highest BCUT2D eigenvalue weighted by Gasteiger charge is 2.31. The second-order valence-corrected chi connectivity index (χ2v) is 7.54. The molecule has 0 saturated carbocycles. The van der Waals surface area contributed by atoms with Crippen molar-refractivity contribution in [2.45, 2.75) is 24.6 Å². The Morgan fingerprint density at radius 3 is 2.76 bits per heavy atom. The van der Waals surface area contributed by atoms with Gasteiger partial charge in [-0.2, -0.15) is 0 Å². The van der Waals surface area contributed by atoms with Crippen LogP contribution in [0.25, 0.3) is 23.1 Å². The summed E-state index contributed by atoms with van der Waals surface area (Å²) in [5.41, 5.74) is 3.47. The highest BCUT2D eigenvalue weighted by molar-refractivity contribution is 7.99. The summed E-state index contributed by atoms with van der Waals surface area (Å²) in [6.07, 6.45) is 0.0137. The number of hydrogen-bond acceptors (Lipinski definition) is 4. The van der Waals surface area contributed by atoms with Gasteiger partial charge >= 0.3 is 6.36 Å². The number of para-hydroxylation sites is 1. The van der Waals surface area contributed by atoms with E-state index in [0.717, 1.165) is 39.6 Å². The van der Waals surface area contributed by atoms with Crippen LogP contribution in [0, 0.1) is 0 Å². The molecule has 7 heteroatoms. The molecule has 0 N–H and O–H groups in total. The van der Waals surface area contributed by atoms with E-state index in [0.29, 0.717) is 17.5 Å². The van der Waals surface area contributed by atoms with Gasteiger partial charge in [0.15, 0.2) is 0 Å². The third-order valence-electron chi connectivity index (χ3n) is 4.51. The van der Waals surface area contributed by atoms with Gasteiger partial charge in [0.25, 0.3) is 0 Å². The number of nitrogens with zero attached hydrogens (tertiary/aromatic N) is 1. The van der Waals surface area contributed by atoms with Gasteiger partial charge in [0.1, 0.15) is 11.5 Å². The van der Waals surface area contributed by atoms with Crippen molar-refractivity contribution in [3.8, 4) is 11.5 Å². The van der Waals surface area contributed by atoms with Crippen molar-refractivity contribution in [1.82, 2.24) is 4.98 Å². The van der Waals surface area contributed by atoms with Gasteiger partial charge in [-0.3, -0.25) is 0 Å². The lowest BCUT2D eigenvalue weighted by molar-refractivity contribution is -0.274. The van der Waals surface area contributed by atoms with Crippen LogP contribution < -0.4 is 9.47 Å². The smallest absolute Gasteiger partial charge is 0.493 e. The highest BCUT2D eigenvalue weighted by Crippen LogP contribution is 2.40. The minimum Gasteiger partial charge on any atom is -0.493 e. The molecule has 0 radical (unpaired) electrons. The number of fused-ring (bicyclic) bond motifs is 3. The Morgan fingerprint density at radius 2 is 1.97 bits per heavy atom. The SMILES string of the molecule is CCOc1ccccc1/C=C/c1nc2ccc(OC(F)(F)F)cc2c2c1CCS2. The molecule has 29 heavy (non-hydrogen) atoms. The predicted octanol–water partition coefficient (Wildman–Crippen LogP) is 6.35. The maximum absolute atomic E-state index is 12.6. The van der Waals surface area contributed by atoms with Crippen LogP contribution in [0.5, 0.6) is 11.5 Å². The first-order valence-electron chi connectivity index (χ1n) is 9.19. The van der Waals surface area contributed by atoms with Crippen molar-refractivity contribution in [1.29, 1.82) is 0 Å². The average molecular weight is 417 g/mol. The fourth-order valence-electron chi connectivity index (χ4n) is 3.34. The van der Waals surface area contributed by atoms with Crippen LogP contribution in [0.4, 0.5) is 13.2 Å². The number of rotatable bonds is 5. The molecular weight excluding hydrogens is 399 g/mol. The Hall–Kier alpha value is -2.67. The van der Waals surface area contributed by atoms with Crippen molar-refractivity contribution in [2.24, 2.45) is 0 Å². The zero-order valence-corrected chi connectivity index (χ0v) is 16.4. The molecule has 0 aliphatic carbocycles. The number of halogens is 3. The molecule has 0 bridgehead atoms. The molecule has 3 nitrogen and oxygen atoms in total. The van der Waals surface area contributed by atoms with E-state index >= 15 is 0 Å². The number of benzene rings is 2. The van der Waals surface area contributed by atoms with E-state index in [2.05, 4.69) is 4.74 Å². The topological polar surface area (TPSA) is 31.4 Å². The Morgan fingerprint density at radius 1 is 1.14 bits per heavy atom. The van der Waals surface area contributed by atoms with E-state index in [9.17, 15) is 13.2 Å². The minimum absolute atomic E-state index is 0.226. The Labute approximate surface area is 170 Å². The highest BCUT2D eigenvalue weighted by atomic mass is 32.2. The van der Waals surface area contributed by atoms with Crippen LogP contribution in [-0.4, -0.2) is 23.7 Å². The summed E-state index contributed by atoms with van der Waals surface area (Å²) in [4.78, 5) is 5.67. The minimum atomic E-state index is -4.71. The van der Waals surface area contributed by atoms with E-state index in [1.807, 2.05) is 43.3 Å². The lowest BCUT2D eigenvalue weighted by atomic mass is 10.1. The molecule has 150 valence electrons. The molecule has 0 amide bonds. The van der Waals surface area contributed by atoms with Crippen LogP contribution >= 0.6 is 11.8 Å². The molecule has 1 aromatic heterocycles. The van der Waals surface area contributed by atoms with E-state index in [1.165, 1.54) is 12.1 Å². The zero-order chi connectivity index (χ0) is 20.4.